The molecule has 2 aromatic carbocycles. The SMILES string of the molecule is CC(C)c1ccc(Cn2cnc3cc(F)c(F)cc32)cc1. The summed E-state index contributed by atoms with van der Waals surface area (Å²) < 4.78 is 28.4. The summed E-state index contributed by atoms with van der Waals surface area (Å²) in [5.74, 6) is -1.22. The topological polar surface area (TPSA) is 17.8 Å². The predicted octanol–water partition coefficient (Wildman–Crippen LogP) is 4.49. The molecular formula is C17H16F2N2. The first-order chi connectivity index (χ1) is 10.0. The number of rotatable bonds is 3. The van der Waals surface area contributed by atoms with E-state index in [-0.39, 0.29) is 0 Å². The van der Waals surface area contributed by atoms with Crippen LogP contribution in [0.5, 0.6) is 0 Å². The first kappa shape index (κ1) is 13.7. The summed E-state index contributed by atoms with van der Waals surface area (Å²) in [5, 5.41) is 0. The van der Waals surface area contributed by atoms with Crippen LogP contribution in [0.15, 0.2) is 42.7 Å². The average Bonchev–Trinajstić information content (AvgIpc) is 2.82. The van der Waals surface area contributed by atoms with Gasteiger partial charge in [-0.2, -0.15) is 0 Å². The Labute approximate surface area is 122 Å². The number of fused-ring (bicyclic) bond motifs is 1. The molecule has 4 heteroatoms. The van der Waals surface area contributed by atoms with Gasteiger partial charge in [-0.15, -0.1) is 0 Å². The highest BCUT2D eigenvalue weighted by molar-refractivity contribution is 5.75. The van der Waals surface area contributed by atoms with Gasteiger partial charge in [-0.25, -0.2) is 13.8 Å². The monoisotopic (exact) mass is 286 g/mol. The third-order valence-corrected chi connectivity index (χ3v) is 3.66. The zero-order valence-corrected chi connectivity index (χ0v) is 12.0. The highest BCUT2D eigenvalue weighted by Gasteiger charge is 2.09. The van der Waals surface area contributed by atoms with Gasteiger partial charge in [0.15, 0.2) is 11.6 Å². The van der Waals surface area contributed by atoms with E-state index in [0.29, 0.717) is 23.5 Å². The van der Waals surface area contributed by atoms with Crippen LogP contribution < -0.4 is 0 Å². The summed E-state index contributed by atoms with van der Waals surface area (Å²) in [6.07, 6.45) is 1.61. The minimum atomic E-state index is -0.867. The maximum Gasteiger partial charge on any atom is 0.161 e. The fourth-order valence-corrected chi connectivity index (χ4v) is 2.38. The van der Waals surface area contributed by atoms with Crippen molar-refractivity contribution in [3.05, 3.63) is 65.5 Å². The van der Waals surface area contributed by atoms with Crippen LogP contribution in [-0.4, -0.2) is 9.55 Å². The van der Waals surface area contributed by atoms with Gasteiger partial charge >= 0.3 is 0 Å². The highest BCUT2D eigenvalue weighted by Crippen LogP contribution is 2.20. The smallest absolute Gasteiger partial charge is 0.161 e. The van der Waals surface area contributed by atoms with Crippen LogP contribution in [0.3, 0.4) is 0 Å². The summed E-state index contributed by atoms with van der Waals surface area (Å²) in [5.41, 5.74) is 3.44. The van der Waals surface area contributed by atoms with Gasteiger partial charge in [-0.3, -0.25) is 0 Å². The lowest BCUT2D eigenvalue weighted by molar-refractivity contribution is 0.510. The fourth-order valence-electron chi connectivity index (χ4n) is 2.38. The van der Waals surface area contributed by atoms with Crippen LogP contribution in [0, 0.1) is 11.6 Å². The van der Waals surface area contributed by atoms with Crippen molar-refractivity contribution < 1.29 is 8.78 Å². The Bertz CT molecular complexity index is 773. The number of hydrogen-bond acceptors (Lipinski definition) is 1. The fraction of sp³-hybridized carbons (Fsp3) is 0.235. The Kier molecular flexibility index (Phi) is 3.45. The minimum Gasteiger partial charge on any atom is -0.326 e. The van der Waals surface area contributed by atoms with Gasteiger partial charge in [0.05, 0.1) is 17.4 Å². The van der Waals surface area contributed by atoms with Gasteiger partial charge in [0, 0.05) is 18.7 Å². The van der Waals surface area contributed by atoms with E-state index in [1.54, 1.807) is 6.33 Å². The molecule has 0 atom stereocenters. The Morgan fingerprint density at radius 3 is 2.38 bits per heavy atom. The van der Waals surface area contributed by atoms with E-state index in [9.17, 15) is 8.78 Å². The quantitative estimate of drug-likeness (QED) is 0.694. The zero-order chi connectivity index (χ0) is 15.0. The molecule has 0 N–H and O–H groups in total. The van der Waals surface area contributed by atoms with E-state index in [1.807, 2.05) is 4.57 Å². The molecule has 3 aromatic rings. The van der Waals surface area contributed by atoms with Gasteiger partial charge in [0.1, 0.15) is 0 Å². The molecule has 0 amide bonds. The highest BCUT2D eigenvalue weighted by atomic mass is 19.2. The first-order valence-electron chi connectivity index (χ1n) is 6.93. The van der Waals surface area contributed by atoms with Gasteiger partial charge in [-0.05, 0) is 17.0 Å². The molecule has 0 spiro atoms. The minimum absolute atomic E-state index is 0.465. The molecule has 0 fully saturated rings. The second-order valence-corrected chi connectivity index (χ2v) is 5.52. The van der Waals surface area contributed by atoms with Gasteiger partial charge in [0.25, 0.3) is 0 Å². The van der Waals surface area contributed by atoms with Gasteiger partial charge < -0.3 is 4.57 Å². The summed E-state index contributed by atoms with van der Waals surface area (Å²) in [6, 6.07) is 10.6. The lowest BCUT2D eigenvalue weighted by Gasteiger charge is -2.08. The van der Waals surface area contributed by atoms with Crippen molar-refractivity contribution >= 4 is 11.0 Å². The van der Waals surface area contributed by atoms with E-state index in [4.69, 9.17) is 0 Å². The number of hydrogen-bond donors (Lipinski definition) is 0. The van der Waals surface area contributed by atoms with Crippen LogP contribution >= 0.6 is 0 Å². The summed E-state index contributed by atoms with van der Waals surface area (Å²) >= 11 is 0. The number of nitrogens with zero attached hydrogens (tertiary/aromatic N) is 2. The zero-order valence-electron chi connectivity index (χ0n) is 12.0. The maximum absolute atomic E-state index is 13.4. The van der Waals surface area contributed by atoms with E-state index in [1.165, 1.54) is 11.6 Å². The molecule has 108 valence electrons. The first-order valence-corrected chi connectivity index (χ1v) is 6.93. The molecule has 0 saturated heterocycles. The van der Waals surface area contributed by atoms with E-state index < -0.39 is 11.6 Å². The van der Waals surface area contributed by atoms with E-state index in [0.717, 1.165) is 11.6 Å². The molecule has 3 rings (SSSR count). The number of halogens is 2. The standard InChI is InChI=1S/C17H16F2N2/c1-11(2)13-5-3-12(4-6-13)9-21-10-20-16-7-14(18)15(19)8-17(16)21/h3-8,10-11H,9H2,1-2H3. The number of imidazole rings is 1. The summed E-state index contributed by atoms with van der Waals surface area (Å²) in [7, 11) is 0. The van der Waals surface area contributed by atoms with E-state index in [2.05, 4.69) is 43.1 Å². The predicted molar refractivity (Wildman–Crippen MR) is 79.3 cm³/mol. The summed E-state index contributed by atoms with van der Waals surface area (Å²) in [4.78, 5) is 4.12. The largest absolute Gasteiger partial charge is 0.326 e. The molecule has 0 aliphatic rings. The Morgan fingerprint density at radius 2 is 1.71 bits per heavy atom. The van der Waals surface area contributed by atoms with Crippen molar-refractivity contribution in [3.8, 4) is 0 Å². The van der Waals surface area contributed by atoms with Crippen molar-refractivity contribution in [2.45, 2.75) is 26.3 Å². The summed E-state index contributed by atoms with van der Waals surface area (Å²) in [6.45, 7) is 4.88. The van der Waals surface area contributed by atoms with Crippen LogP contribution in [0.1, 0.15) is 30.9 Å². The van der Waals surface area contributed by atoms with Crippen LogP contribution in [-0.2, 0) is 6.54 Å². The molecule has 0 unspecified atom stereocenters. The van der Waals surface area contributed by atoms with Crippen LogP contribution in [0.25, 0.3) is 11.0 Å². The van der Waals surface area contributed by atoms with Gasteiger partial charge in [0.2, 0.25) is 0 Å². The molecular weight excluding hydrogens is 270 g/mol. The van der Waals surface area contributed by atoms with E-state index >= 15 is 0 Å². The van der Waals surface area contributed by atoms with Crippen molar-refractivity contribution in [3.63, 3.8) is 0 Å². The second-order valence-electron chi connectivity index (χ2n) is 5.52. The normalized spacial score (nSPS) is 11.5. The number of aromatic nitrogens is 2. The van der Waals surface area contributed by atoms with Crippen LogP contribution in [0.4, 0.5) is 8.78 Å². The van der Waals surface area contributed by atoms with Gasteiger partial charge in [-0.1, -0.05) is 38.1 Å². The molecule has 1 aromatic heterocycles. The van der Waals surface area contributed by atoms with Crippen LogP contribution in [0.2, 0.25) is 0 Å². The Hall–Kier alpha value is -2.23. The second kappa shape index (κ2) is 5.28. The third kappa shape index (κ3) is 2.66. The van der Waals surface area contributed by atoms with Crippen molar-refractivity contribution in [1.82, 2.24) is 9.55 Å². The van der Waals surface area contributed by atoms with Crippen molar-refractivity contribution in [2.24, 2.45) is 0 Å². The molecule has 0 aliphatic carbocycles. The molecule has 0 bridgehead atoms. The molecule has 0 saturated carbocycles. The lowest BCUT2D eigenvalue weighted by atomic mass is 10.0. The third-order valence-electron chi connectivity index (χ3n) is 3.66. The average molecular weight is 286 g/mol. The molecule has 0 radical (unpaired) electrons. The Balaban J connectivity index is 1.92. The molecule has 21 heavy (non-hydrogen) atoms. The maximum atomic E-state index is 13.4. The Morgan fingerprint density at radius 1 is 1.05 bits per heavy atom. The number of benzene rings is 2. The van der Waals surface area contributed by atoms with Crippen molar-refractivity contribution in [2.75, 3.05) is 0 Å². The van der Waals surface area contributed by atoms with Crippen molar-refractivity contribution in [1.29, 1.82) is 0 Å². The molecule has 1 heterocycles. The molecule has 0 aliphatic heterocycles. The molecule has 2 nitrogen and oxygen atoms in total. The lowest BCUT2D eigenvalue weighted by Crippen LogP contribution is -1.99.